The van der Waals surface area contributed by atoms with E-state index in [0.29, 0.717) is 0 Å². The molecule has 0 unspecified atom stereocenters. The van der Waals surface area contributed by atoms with Crippen molar-refractivity contribution in [2.24, 2.45) is 0 Å². The van der Waals surface area contributed by atoms with Crippen molar-refractivity contribution in [1.29, 1.82) is 0 Å². The fraction of sp³-hybridized carbons (Fsp3) is 0.0588. The molecule has 0 aliphatic carbocycles. The molecule has 0 bridgehead atoms. The van der Waals surface area contributed by atoms with Crippen LogP contribution in [0.1, 0.15) is 15.9 Å². The molecule has 0 radical (unpaired) electrons. The minimum atomic E-state index is -0.331. The molecule has 2 aromatic heterocycles. The van der Waals surface area contributed by atoms with Crippen molar-refractivity contribution in [2.75, 3.05) is 6.26 Å². The van der Waals surface area contributed by atoms with Gasteiger partial charge in [-0.25, -0.2) is 0 Å². The summed E-state index contributed by atoms with van der Waals surface area (Å²) in [6, 6.07) is 11.5. The summed E-state index contributed by atoms with van der Waals surface area (Å²) in [6.45, 7) is 0. The van der Waals surface area contributed by atoms with Gasteiger partial charge in [-0.3, -0.25) is 9.59 Å². The van der Waals surface area contributed by atoms with E-state index in [2.05, 4.69) is 4.98 Å². The molecule has 110 valence electrons. The predicted octanol–water partition coefficient (Wildman–Crippen LogP) is 4.21. The van der Waals surface area contributed by atoms with E-state index in [-0.39, 0.29) is 16.9 Å². The number of hydrogen-bond acceptors (Lipinski definition) is 4. The molecule has 1 N–H and O–H groups in total. The lowest BCUT2D eigenvalue weighted by Crippen LogP contribution is -2.17. The van der Waals surface area contributed by atoms with Gasteiger partial charge in [0, 0.05) is 10.3 Å². The zero-order valence-corrected chi connectivity index (χ0v) is 13.5. The monoisotopic (exact) mass is 327 g/mol. The smallest absolute Gasteiger partial charge is 0.261 e. The van der Waals surface area contributed by atoms with Gasteiger partial charge in [0.1, 0.15) is 10.4 Å². The number of hydrogen-bond donors (Lipinski definition) is 1. The van der Waals surface area contributed by atoms with Crippen LogP contribution in [0.2, 0.25) is 0 Å². The molecule has 0 atom stereocenters. The molecule has 3 nitrogen and oxygen atoms in total. The molecule has 0 fully saturated rings. The Labute approximate surface area is 135 Å². The van der Waals surface area contributed by atoms with E-state index in [4.69, 9.17) is 0 Å². The quantitative estimate of drug-likeness (QED) is 0.444. The molecule has 3 aromatic rings. The molecule has 0 aliphatic heterocycles. The number of pyridine rings is 1. The molecule has 0 spiro atoms. The standard InChI is InChI=1S/C17H13NO2S2/c1-21-15-12-9-10-22-17(12)18-16(20)14(15)13(19)8-7-11-5-3-2-4-6-11/h2-10H,1H3,(H,18,20). The first-order valence-corrected chi connectivity index (χ1v) is 8.76. The summed E-state index contributed by atoms with van der Waals surface area (Å²) in [4.78, 5) is 29.0. The van der Waals surface area contributed by atoms with Gasteiger partial charge in [0.05, 0.1) is 0 Å². The van der Waals surface area contributed by atoms with Crippen molar-refractivity contribution in [2.45, 2.75) is 4.90 Å². The Bertz CT molecular complexity index is 907. The van der Waals surface area contributed by atoms with Crippen molar-refractivity contribution in [1.82, 2.24) is 4.98 Å². The van der Waals surface area contributed by atoms with E-state index in [1.807, 2.05) is 48.0 Å². The molecular weight excluding hydrogens is 314 g/mol. The highest BCUT2D eigenvalue weighted by molar-refractivity contribution is 7.99. The van der Waals surface area contributed by atoms with E-state index in [9.17, 15) is 9.59 Å². The summed E-state index contributed by atoms with van der Waals surface area (Å²) < 4.78 is 0. The van der Waals surface area contributed by atoms with E-state index in [1.165, 1.54) is 29.2 Å². The molecule has 2 heterocycles. The summed E-state index contributed by atoms with van der Waals surface area (Å²) >= 11 is 2.89. The zero-order valence-electron chi connectivity index (χ0n) is 11.8. The van der Waals surface area contributed by atoms with Crippen molar-refractivity contribution in [3.05, 3.63) is 69.3 Å². The largest absolute Gasteiger partial charge is 0.313 e. The zero-order chi connectivity index (χ0) is 15.5. The number of rotatable bonds is 4. The molecule has 0 saturated carbocycles. The van der Waals surface area contributed by atoms with Crippen LogP contribution in [-0.2, 0) is 0 Å². The van der Waals surface area contributed by atoms with Gasteiger partial charge < -0.3 is 4.98 Å². The van der Waals surface area contributed by atoms with Crippen LogP contribution in [0.5, 0.6) is 0 Å². The number of nitrogens with one attached hydrogen (secondary N) is 1. The van der Waals surface area contributed by atoms with Crippen LogP contribution >= 0.6 is 23.1 Å². The number of aromatic nitrogens is 1. The van der Waals surface area contributed by atoms with Gasteiger partial charge in [-0.05, 0) is 29.3 Å². The number of H-pyrrole nitrogens is 1. The Kier molecular flexibility index (Phi) is 4.27. The molecule has 5 heteroatoms. The fourth-order valence-electron chi connectivity index (χ4n) is 2.24. The highest BCUT2D eigenvalue weighted by atomic mass is 32.2. The SMILES string of the molecule is CSc1c(C(=O)C=Cc2ccccc2)c(=O)[nH]c2sccc12. The molecule has 22 heavy (non-hydrogen) atoms. The summed E-state index contributed by atoms with van der Waals surface area (Å²) in [7, 11) is 0. The minimum Gasteiger partial charge on any atom is -0.313 e. The maximum atomic E-state index is 12.5. The van der Waals surface area contributed by atoms with Crippen molar-refractivity contribution >= 4 is 45.2 Å². The second-order valence-electron chi connectivity index (χ2n) is 4.63. The highest BCUT2D eigenvalue weighted by Gasteiger charge is 2.17. The predicted molar refractivity (Wildman–Crippen MR) is 94.0 cm³/mol. The Morgan fingerprint density at radius 3 is 2.73 bits per heavy atom. The summed E-state index contributed by atoms with van der Waals surface area (Å²) in [5.41, 5.74) is 0.808. The van der Waals surface area contributed by atoms with Gasteiger partial charge in [-0.15, -0.1) is 23.1 Å². The Hall–Kier alpha value is -2.11. The number of carbonyl (C=O) groups excluding carboxylic acids is 1. The Balaban J connectivity index is 2.05. The molecule has 3 rings (SSSR count). The van der Waals surface area contributed by atoms with Gasteiger partial charge in [0.2, 0.25) is 0 Å². The normalized spacial score (nSPS) is 11.3. The Morgan fingerprint density at radius 1 is 1.23 bits per heavy atom. The molecule has 0 saturated heterocycles. The van der Waals surface area contributed by atoms with E-state index in [1.54, 1.807) is 6.08 Å². The molecule has 0 aliphatic rings. The minimum absolute atomic E-state index is 0.214. The number of thioether (sulfide) groups is 1. The number of fused-ring (bicyclic) bond motifs is 1. The third kappa shape index (κ3) is 2.77. The third-order valence-corrected chi connectivity index (χ3v) is 4.93. The average Bonchev–Trinajstić information content (AvgIpc) is 3.00. The number of carbonyl (C=O) groups is 1. The first-order chi connectivity index (χ1) is 10.7. The first-order valence-electron chi connectivity index (χ1n) is 6.65. The van der Waals surface area contributed by atoms with Crippen LogP contribution in [0.15, 0.2) is 57.5 Å². The van der Waals surface area contributed by atoms with Gasteiger partial charge in [0.15, 0.2) is 5.78 Å². The second kappa shape index (κ2) is 6.34. The van der Waals surface area contributed by atoms with E-state index >= 15 is 0 Å². The van der Waals surface area contributed by atoms with Gasteiger partial charge >= 0.3 is 0 Å². The lowest BCUT2D eigenvalue weighted by Gasteiger charge is -2.05. The molecule has 0 amide bonds. The molecule has 1 aromatic carbocycles. The van der Waals surface area contributed by atoms with Crippen LogP contribution in [0.4, 0.5) is 0 Å². The van der Waals surface area contributed by atoms with Crippen molar-refractivity contribution in [3.63, 3.8) is 0 Å². The summed E-state index contributed by atoms with van der Waals surface area (Å²) in [5, 5.41) is 2.84. The van der Waals surface area contributed by atoms with Crippen LogP contribution in [0.25, 0.3) is 16.3 Å². The van der Waals surface area contributed by atoms with Crippen LogP contribution in [0.3, 0.4) is 0 Å². The first kappa shape index (κ1) is 14.8. The van der Waals surface area contributed by atoms with E-state index in [0.717, 1.165) is 20.7 Å². The lowest BCUT2D eigenvalue weighted by atomic mass is 10.1. The number of ketones is 1. The topological polar surface area (TPSA) is 49.9 Å². The second-order valence-corrected chi connectivity index (χ2v) is 6.37. The summed E-state index contributed by atoms with van der Waals surface area (Å²) in [5.74, 6) is -0.275. The van der Waals surface area contributed by atoms with Crippen LogP contribution in [0, 0.1) is 0 Å². The Morgan fingerprint density at radius 2 is 2.00 bits per heavy atom. The van der Waals surface area contributed by atoms with E-state index < -0.39 is 0 Å². The number of benzene rings is 1. The maximum absolute atomic E-state index is 12.5. The van der Waals surface area contributed by atoms with Gasteiger partial charge in [-0.1, -0.05) is 36.4 Å². The van der Waals surface area contributed by atoms with Crippen LogP contribution < -0.4 is 5.56 Å². The van der Waals surface area contributed by atoms with Crippen LogP contribution in [-0.4, -0.2) is 17.0 Å². The lowest BCUT2D eigenvalue weighted by molar-refractivity contribution is 0.104. The highest BCUT2D eigenvalue weighted by Crippen LogP contribution is 2.30. The van der Waals surface area contributed by atoms with Crippen molar-refractivity contribution in [3.8, 4) is 0 Å². The number of thiophene rings is 1. The fourth-order valence-corrected chi connectivity index (χ4v) is 3.88. The number of allylic oxidation sites excluding steroid dienone is 1. The third-order valence-electron chi connectivity index (χ3n) is 3.27. The molecular formula is C17H13NO2S2. The average molecular weight is 327 g/mol. The van der Waals surface area contributed by atoms with Crippen molar-refractivity contribution < 1.29 is 4.79 Å². The maximum Gasteiger partial charge on any atom is 0.261 e. The van der Waals surface area contributed by atoms with Gasteiger partial charge in [-0.2, -0.15) is 0 Å². The summed E-state index contributed by atoms with van der Waals surface area (Å²) in [6.07, 6.45) is 5.06. The number of aromatic amines is 1. The van der Waals surface area contributed by atoms with Gasteiger partial charge in [0.25, 0.3) is 5.56 Å².